The van der Waals surface area contributed by atoms with Crippen LogP contribution in [-0.2, 0) is 22.6 Å². The van der Waals surface area contributed by atoms with Gasteiger partial charge >= 0.3 is 0 Å². The minimum absolute atomic E-state index is 0.203. The summed E-state index contributed by atoms with van der Waals surface area (Å²) < 4.78 is 27.7. The van der Waals surface area contributed by atoms with E-state index in [0.29, 0.717) is 29.4 Å². The first kappa shape index (κ1) is 21.8. The van der Waals surface area contributed by atoms with Crippen LogP contribution in [0.25, 0.3) is 11.3 Å². The maximum Gasteiger partial charge on any atom is 0.267 e. The summed E-state index contributed by atoms with van der Waals surface area (Å²) in [6, 6.07) is 10.9. The number of hydrogen-bond donors (Lipinski definition) is 2. The molecule has 2 N–H and O–H groups in total. The SMILES string of the molecule is CCc1ccc(-c2ccc(=O)n(CC(=O)Nc3ccc(F)cc3F)n2)cc1NC(C)=O. The third-order valence-corrected chi connectivity index (χ3v) is 4.46. The zero-order chi connectivity index (χ0) is 22.5. The Balaban J connectivity index is 1.85. The number of nitrogens with one attached hydrogen (secondary N) is 2. The average Bonchev–Trinajstić information content (AvgIpc) is 2.71. The molecule has 0 saturated carbocycles. The van der Waals surface area contributed by atoms with Gasteiger partial charge in [-0.3, -0.25) is 14.4 Å². The lowest BCUT2D eigenvalue weighted by molar-refractivity contribution is -0.117. The molecule has 1 heterocycles. The summed E-state index contributed by atoms with van der Waals surface area (Å²) in [5.41, 5.74) is 1.90. The molecular weight excluding hydrogens is 406 g/mol. The maximum atomic E-state index is 13.7. The summed E-state index contributed by atoms with van der Waals surface area (Å²) in [5, 5.41) is 9.27. The molecule has 0 radical (unpaired) electrons. The third-order valence-electron chi connectivity index (χ3n) is 4.46. The van der Waals surface area contributed by atoms with Gasteiger partial charge in [0.15, 0.2) is 0 Å². The number of hydrogen-bond acceptors (Lipinski definition) is 4. The van der Waals surface area contributed by atoms with Crippen molar-refractivity contribution in [2.45, 2.75) is 26.8 Å². The second kappa shape index (κ2) is 9.29. The van der Waals surface area contributed by atoms with Gasteiger partial charge in [-0.1, -0.05) is 19.1 Å². The molecule has 0 unspecified atom stereocenters. The number of aromatic nitrogens is 2. The molecule has 0 bridgehead atoms. The van der Waals surface area contributed by atoms with E-state index in [9.17, 15) is 23.2 Å². The molecule has 0 aliphatic heterocycles. The molecule has 2 amide bonds. The van der Waals surface area contributed by atoms with Crippen molar-refractivity contribution in [3.8, 4) is 11.3 Å². The first-order valence-electron chi connectivity index (χ1n) is 9.50. The number of nitrogens with zero attached hydrogens (tertiary/aromatic N) is 2. The van der Waals surface area contributed by atoms with Gasteiger partial charge in [0.1, 0.15) is 18.2 Å². The second-order valence-electron chi connectivity index (χ2n) is 6.79. The van der Waals surface area contributed by atoms with E-state index in [-0.39, 0.29) is 11.6 Å². The summed E-state index contributed by atoms with van der Waals surface area (Å²) >= 11 is 0. The van der Waals surface area contributed by atoms with Crippen LogP contribution in [0.4, 0.5) is 20.2 Å². The van der Waals surface area contributed by atoms with E-state index in [4.69, 9.17) is 0 Å². The van der Waals surface area contributed by atoms with Gasteiger partial charge in [0.05, 0.1) is 11.4 Å². The number of halogens is 2. The lowest BCUT2D eigenvalue weighted by atomic mass is 10.0. The zero-order valence-electron chi connectivity index (χ0n) is 16.9. The van der Waals surface area contributed by atoms with Gasteiger partial charge in [-0.05, 0) is 36.2 Å². The van der Waals surface area contributed by atoms with Crippen molar-refractivity contribution in [2.75, 3.05) is 10.6 Å². The molecule has 0 spiro atoms. The minimum Gasteiger partial charge on any atom is -0.326 e. The van der Waals surface area contributed by atoms with E-state index in [1.807, 2.05) is 13.0 Å². The maximum absolute atomic E-state index is 13.7. The van der Waals surface area contributed by atoms with Crippen LogP contribution in [0, 0.1) is 11.6 Å². The Morgan fingerprint density at radius 3 is 2.45 bits per heavy atom. The highest BCUT2D eigenvalue weighted by molar-refractivity contribution is 5.91. The van der Waals surface area contributed by atoms with Crippen molar-refractivity contribution in [3.05, 3.63) is 76.1 Å². The fourth-order valence-electron chi connectivity index (χ4n) is 2.98. The van der Waals surface area contributed by atoms with Crippen LogP contribution in [-0.4, -0.2) is 21.6 Å². The normalized spacial score (nSPS) is 10.6. The molecule has 0 aliphatic rings. The Hall–Kier alpha value is -3.88. The topological polar surface area (TPSA) is 93.1 Å². The quantitative estimate of drug-likeness (QED) is 0.632. The van der Waals surface area contributed by atoms with Gasteiger partial charge in [-0.2, -0.15) is 5.10 Å². The predicted octanol–water partition coefficient (Wildman–Crippen LogP) is 3.35. The molecule has 3 rings (SSSR count). The summed E-state index contributed by atoms with van der Waals surface area (Å²) in [7, 11) is 0. The van der Waals surface area contributed by atoms with E-state index in [2.05, 4.69) is 15.7 Å². The first-order valence-corrected chi connectivity index (χ1v) is 9.50. The van der Waals surface area contributed by atoms with Gasteiger partial charge in [0.25, 0.3) is 5.56 Å². The van der Waals surface area contributed by atoms with Crippen molar-refractivity contribution in [3.63, 3.8) is 0 Å². The van der Waals surface area contributed by atoms with Crippen molar-refractivity contribution >= 4 is 23.2 Å². The lowest BCUT2D eigenvalue weighted by Gasteiger charge is -2.12. The van der Waals surface area contributed by atoms with Crippen LogP contribution in [0.15, 0.2) is 53.3 Å². The number of rotatable bonds is 6. The lowest BCUT2D eigenvalue weighted by Crippen LogP contribution is -2.29. The molecule has 3 aromatic rings. The summed E-state index contributed by atoms with van der Waals surface area (Å²) in [5.74, 6) is -2.61. The minimum atomic E-state index is -0.927. The van der Waals surface area contributed by atoms with Crippen LogP contribution in [0.3, 0.4) is 0 Å². The molecule has 160 valence electrons. The number of amides is 2. The fourth-order valence-corrected chi connectivity index (χ4v) is 2.98. The van der Waals surface area contributed by atoms with Gasteiger partial charge in [0.2, 0.25) is 11.8 Å². The van der Waals surface area contributed by atoms with Crippen LogP contribution in [0.5, 0.6) is 0 Å². The average molecular weight is 426 g/mol. The highest BCUT2D eigenvalue weighted by Gasteiger charge is 2.12. The number of anilines is 2. The van der Waals surface area contributed by atoms with Crippen LogP contribution in [0.2, 0.25) is 0 Å². The van der Waals surface area contributed by atoms with Gasteiger partial charge < -0.3 is 10.6 Å². The van der Waals surface area contributed by atoms with Crippen LogP contribution < -0.4 is 16.2 Å². The fraction of sp³-hybridized carbons (Fsp3) is 0.182. The van der Waals surface area contributed by atoms with E-state index in [1.54, 1.807) is 12.1 Å². The van der Waals surface area contributed by atoms with Crippen LogP contribution >= 0.6 is 0 Å². The standard InChI is InChI=1S/C22H20F2N4O3/c1-3-14-4-5-15(10-20(14)25-13(2)29)18-8-9-22(31)28(27-18)12-21(30)26-19-7-6-16(23)11-17(19)24/h4-11H,3,12H2,1-2H3,(H,25,29)(H,26,30). The molecule has 0 atom stereocenters. The largest absolute Gasteiger partial charge is 0.326 e. The van der Waals surface area contributed by atoms with E-state index in [0.717, 1.165) is 22.4 Å². The molecule has 1 aromatic heterocycles. The molecule has 7 nitrogen and oxygen atoms in total. The predicted molar refractivity (Wildman–Crippen MR) is 113 cm³/mol. The number of aryl methyl sites for hydroxylation is 1. The molecule has 0 fully saturated rings. The van der Waals surface area contributed by atoms with Gasteiger partial charge in [-0.15, -0.1) is 0 Å². The van der Waals surface area contributed by atoms with Crippen molar-refractivity contribution in [2.24, 2.45) is 0 Å². The van der Waals surface area contributed by atoms with Crippen molar-refractivity contribution in [1.29, 1.82) is 0 Å². The first-order chi connectivity index (χ1) is 14.8. The summed E-state index contributed by atoms with van der Waals surface area (Å²) in [6.07, 6.45) is 0.711. The molecule has 9 heteroatoms. The van der Waals surface area contributed by atoms with Crippen molar-refractivity contribution in [1.82, 2.24) is 9.78 Å². The van der Waals surface area contributed by atoms with Gasteiger partial charge in [-0.25, -0.2) is 13.5 Å². The summed E-state index contributed by atoms with van der Waals surface area (Å²) in [4.78, 5) is 35.9. The molecule has 0 saturated heterocycles. The third kappa shape index (κ3) is 5.39. The second-order valence-corrected chi connectivity index (χ2v) is 6.79. The van der Waals surface area contributed by atoms with E-state index in [1.165, 1.54) is 19.1 Å². The number of carbonyl (C=O) groups is 2. The molecular formula is C22H20F2N4O3. The Morgan fingerprint density at radius 1 is 1.00 bits per heavy atom. The Kier molecular flexibility index (Phi) is 6.54. The molecule has 2 aromatic carbocycles. The Bertz CT molecular complexity index is 1210. The monoisotopic (exact) mass is 426 g/mol. The van der Waals surface area contributed by atoms with E-state index < -0.39 is 29.6 Å². The smallest absolute Gasteiger partial charge is 0.267 e. The Morgan fingerprint density at radius 2 is 1.77 bits per heavy atom. The van der Waals surface area contributed by atoms with Crippen LogP contribution in [0.1, 0.15) is 19.4 Å². The van der Waals surface area contributed by atoms with E-state index >= 15 is 0 Å². The zero-order valence-corrected chi connectivity index (χ0v) is 16.9. The molecule has 31 heavy (non-hydrogen) atoms. The highest BCUT2D eigenvalue weighted by atomic mass is 19.1. The summed E-state index contributed by atoms with van der Waals surface area (Å²) in [6.45, 7) is 2.91. The van der Waals surface area contributed by atoms with Crippen molar-refractivity contribution < 1.29 is 18.4 Å². The Labute approximate surface area is 176 Å². The number of carbonyl (C=O) groups excluding carboxylic acids is 2. The highest BCUT2D eigenvalue weighted by Crippen LogP contribution is 2.24. The number of benzene rings is 2. The molecule has 0 aliphatic carbocycles. The van der Waals surface area contributed by atoms with Gasteiger partial charge in [0, 0.05) is 30.3 Å².